The first-order valence-electron chi connectivity index (χ1n) is 5.95. The molecule has 0 unspecified atom stereocenters. The Morgan fingerprint density at radius 3 is 1.80 bits per heavy atom. The number of hydrogen-bond acceptors (Lipinski definition) is 2. The van der Waals surface area contributed by atoms with Crippen molar-refractivity contribution in [3.63, 3.8) is 0 Å². The van der Waals surface area contributed by atoms with Crippen LogP contribution in [0.25, 0.3) is 0 Å². The van der Waals surface area contributed by atoms with E-state index in [1.54, 1.807) is 14.2 Å². The predicted molar refractivity (Wildman–Crippen MR) is 64.9 cm³/mol. The Morgan fingerprint density at radius 2 is 1.53 bits per heavy atom. The summed E-state index contributed by atoms with van der Waals surface area (Å²) >= 11 is 0. The smallest absolute Gasteiger partial charge is 0.172 e. The summed E-state index contributed by atoms with van der Waals surface area (Å²) in [6.07, 6.45) is 3.22. The lowest BCUT2D eigenvalue weighted by molar-refractivity contribution is -0.271. The summed E-state index contributed by atoms with van der Waals surface area (Å²) in [5.74, 6) is 0.287. The van der Waals surface area contributed by atoms with Crippen molar-refractivity contribution >= 4 is 0 Å². The van der Waals surface area contributed by atoms with Crippen LogP contribution in [0.3, 0.4) is 0 Å². The molecule has 2 heteroatoms. The van der Waals surface area contributed by atoms with Gasteiger partial charge in [0.05, 0.1) is 0 Å². The van der Waals surface area contributed by atoms with Crippen LogP contribution in [-0.2, 0) is 9.47 Å². The van der Waals surface area contributed by atoms with Gasteiger partial charge in [-0.05, 0) is 18.8 Å². The highest BCUT2D eigenvalue weighted by Gasteiger charge is 2.44. The summed E-state index contributed by atoms with van der Waals surface area (Å²) < 4.78 is 11.2. The van der Waals surface area contributed by atoms with Gasteiger partial charge >= 0.3 is 0 Å². The molecule has 0 aromatic heterocycles. The van der Waals surface area contributed by atoms with Crippen LogP contribution in [0.5, 0.6) is 0 Å². The third-order valence-electron chi connectivity index (χ3n) is 3.50. The van der Waals surface area contributed by atoms with Gasteiger partial charge in [-0.2, -0.15) is 0 Å². The molecule has 0 fully saturated rings. The van der Waals surface area contributed by atoms with E-state index < -0.39 is 5.79 Å². The fourth-order valence-electron chi connectivity index (χ4n) is 2.24. The molecule has 0 heterocycles. The second-order valence-electron chi connectivity index (χ2n) is 5.33. The third-order valence-corrected chi connectivity index (χ3v) is 3.50. The topological polar surface area (TPSA) is 18.5 Å². The molecule has 0 bridgehead atoms. The van der Waals surface area contributed by atoms with Crippen molar-refractivity contribution in [2.75, 3.05) is 14.2 Å². The van der Waals surface area contributed by atoms with E-state index in [1.165, 1.54) is 6.42 Å². The molecule has 0 rings (SSSR count). The first kappa shape index (κ1) is 14.9. The molecule has 15 heavy (non-hydrogen) atoms. The van der Waals surface area contributed by atoms with E-state index in [9.17, 15) is 0 Å². The quantitative estimate of drug-likeness (QED) is 0.602. The molecule has 0 aromatic rings. The van der Waals surface area contributed by atoms with Gasteiger partial charge in [-0.25, -0.2) is 0 Å². The van der Waals surface area contributed by atoms with Crippen LogP contribution < -0.4 is 0 Å². The molecule has 0 aliphatic heterocycles. The summed E-state index contributed by atoms with van der Waals surface area (Å²) in [7, 11) is 3.48. The average Bonchev–Trinajstić information content (AvgIpc) is 2.18. The molecule has 0 aliphatic rings. The minimum atomic E-state index is -0.443. The van der Waals surface area contributed by atoms with E-state index in [0.717, 1.165) is 18.8 Å². The first-order chi connectivity index (χ1) is 6.85. The molecular formula is C13H28O2. The first-order valence-corrected chi connectivity index (χ1v) is 5.95. The second-order valence-corrected chi connectivity index (χ2v) is 5.33. The van der Waals surface area contributed by atoms with E-state index in [4.69, 9.17) is 9.47 Å². The van der Waals surface area contributed by atoms with Gasteiger partial charge in [0.1, 0.15) is 0 Å². The van der Waals surface area contributed by atoms with Crippen LogP contribution in [0.1, 0.15) is 53.9 Å². The molecule has 0 radical (unpaired) electrons. The summed E-state index contributed by atoms with van der Waals surface area (Å²) in [5.41, 5.74) is 0.0511. The van der Waals surface area contributed by atoms with Crippen LogP contribution in [0.2, 0.25) is 0 Å². The zero-order valence-electron chi connectivity index (χ0n) is 11.5. The minimum absolute atomic E-state index is 0.0511. The summed E-state index contributed by atoms with van der Waals surface area (Å²) in [6.45, 7) is 11.1. The Morgan fingerprint density at radius 1 is 1.07 bits per heavy atom. The van der Waals surface area contributed by atoms with Crippen molar-refractivity contribution in [2.45, 2.75) is 59.7 Å². The molecule has 0 N–H and O–H groups in total. The number of hydrogen-bond donors (Lipinski definition) is 0. The second kappa shape index (κ2) is 5.86. The number of ether oxygens (including phenoxy) is 2. The lowest BCUT2D eigenvalue weighted by Gasteiger charge is -2.44. The molecule has 0 spiro atoms. The molecule has 0 aliphatic carbocycles. The van der Waals surface area contributed by atoms with E-state index >= 15 is 0 Å². The Balaban J connectivity index is 4.63. The molecule has 0 saturated heterocycles. The SMILES string of the molecule is CCC(OC)(OC)C(C)(C)CCC(C)C. The lowest BCUT2D eigenvalue weighted by Crippen LogP contribution is -2.47. The van der Waals surface area contributed by atoms with Crippen LogP contribution >= 0.6 is 0 Å². The molecule has 92 valence electrons. The zero-order chi connectivity index (χ0) is 12.1. The predicted octanol–water partition coefficient (Wildman–Crippen LogP) is 3.85. The van der Waals surface area contributed by atoms with E-state index in [2.05, 4.69) is 34.6 Å². The summed E-state index contributed by atoms with van der Waals surface area (Å²) in [6, 6.07) is 0. The maximum Gasteiger partial charge on any atom is 0.172 e. The largest absolute Gasteiger partial charge is 0.353 e. The fraction of sp³-hybridized carbons (Fsp3) is 1.00. The maximum absolute atomic E-state index is 5.61. The third kappa shape index (κ3) is 3.46. The number of methoxy groups -OCH3 is 2. The van der Waals surface area contributed by atoms with Gasteiger partial charge in [0.15, 0.2) is 5.79 Å². The Labute approximate surface area is 95.3 Å². The molecule has 0 aromatic carbocycles. The summed E-state index contributed by atoms with van der Waals surface area (Å²) in [5, 5.41) is 0. The molecule has 0 saturated carbocycles. The van der Waals surface area contributed by atoms with Crippen molar-refractivity contribution in [1.82, 2.24) is 0 Å². The minimum Gasteiger partial charge on any atom is -0.353 e. The van der Waals surface area contributed by atoms with Crippen molar-refractivity contribution in [2.24, 2.45) is 11.3 Å². The van der Waals surface area contributed by atoms with Crippen molar-refractivity contribution in [1.29, 1.82) is 0 Å². The Kier molecular flexibility index (Phi) is 5.82. The van der Waals surface area contributed by atoms with Crippen LogP contribution in [-0.4, -0.2) is 20.0 Å². The van der Waals surface area contributed by atoms with Crippen molar-refractivity contribution < 1.29 is 9.47 Å². The summed E-state index contributed by atoms with van der Waals surface area (Å²) in [4.78, 5) is 0. The Hall–Kier alpha value is -0.0800. The zero-order valence-corrected chi connectivity index (χ0v) is 11.5. The Bertz CT molecular complexity index is 161. The van der Waals surface area contributed by atoms with Crippen molar-refractivity contribution in [3.8, 4) is 0 Å². The molecular weight excluding hydrogens is 188 g/mol. The normalized spacial score (nSPS) is 13.6. The van der Waals surface area contributed by atoms with Gasteiger partial charge in [0.25, 0.3) is 0 Å². The molecule has 0 amide bonds. The van der Waals surface area contributed by atoms with Gasteiger partial charge < -0.3 is 9.47 Å². The standard InChI is InChI=1S/C13H28O2/c1-8-13(14-6,15-7)12(4,5)10-9-11(2)3/h11H,8-10H2,1-7H3. The van der Waals surface area contributed by atoms with Gasteiger partial charge in [0, 0.05) is 19.6 Å². The van der Waals surface area contributed by atoms with Gasteiger partial charge in [0.2, 0.25) is 0 Å². The van der Waals surface area contributed by atoms with Gasteiger partial charge in [-0.1, -0.05) is 41.0 Å². The highest BCUT2D eigenvalue weighted by atomic mass is 16.7. The van der Waals surface area contributed by atoms with E-state index in [0.29, 0.717) is 0 Å². The van der Waals surface area contributed by atoms with Crippen molar-refractivity contribution in [3.05, 3.63) is 0 Å². The molecule has 0 atom stereocenters. The number of rotatable bonds is 7. The fourth-order valence-corrected chi connectivity index (χ4v) is 2.24. The van der Waals surface area contributed by atoms with E-state index in [1.807, 2.05) is 0 Å². The van der Waals surface area contributed by atoms with Crippen LogP contribution in [0, 0.1) is 11.3 Å². The van der Waals surface area contributed by atoms with E-state index in [-0.39, 0.29) is 5.41 Å². The van der Waals surface area contributed by atoms with Gasteiger partial charge in [-0.3, -0.25) is 0 Å². The highest BCUT2D eigenvalue weighted by Crippen LogP contribution is 2.41. The molecule has 2 nitrogen and oxygen atoms in total. The van der Waals surface area contributed by atoms with Gasteiger partial charge in [-0.15, -0.1) is 0 Å². The maximum atomic E-state index is 5.61. The monoisotopic (exact) mass is 216 g/mol. The highest BCUT2D eigenvalue weighted by molar-refractivity contribution is 4.86. The average molecular weight is 216 g/mol. The van der Waals surface area contributed by atoms with Crippen LogP contribution in [0.15, 0.2) is 0 Å². The van der Waals surface area contributed by atoms with Crippen LogP contribution in [0.4, 0.5) is 0 Å². The lowest BCUT2D eigenvalue weighted by atomic mass is 9.76.